The molecule has 0 spiro atoms. The zero-order valence-electron chi connectivity index (χ0n) is 68.9. The van der Waals surface area contributed by atoms with Crippen LogP contribution in [0.2, 0.25) is 0 Å². The topological polar surface area (TPSA) is 132 Å². The molecule has 0 bridgehead atoms. The fourth-order valence-electron chi connectivity index (χ4n) is 17.2. The molecule has 3 atom stereocenters. The van der Waals surface area contributed by atoms with E-state index < -0.39 is 6.98 Å². The molecule has 0 radical (unpaired) electrons. The van der Waals surface area contributed by atoms with Gasteiger partial charge in [0.15, 0.2) is 23.5 Å². The minimum absolute atomic E-state index is 0.0342. The summed E-state index contributed by atoms with van der Waals surface area (Å²) in [6.07, 6.45) is 30.8. The highest BCUT2D eigenvalue weighted by Gasteiger charge is 2.46. The Hall–Kier alpha value is -11.9. The number of rotatable bonds is 9. The standard InChI is InChI=1S/C34H37BN3O.C21H21BN4O.2C16H19BN4O/c1-22(2)28-20-26(25-13-9-8-10-14-25)21-29(23(3)4)32(28)38-18-17-36(6)34(38)35-24(5)19-30-27-15-11-12-16-31(27)39-33(30)37(35)7;1-15-14-19-18-10-7-11-23-20(18)27-21(19)24(3)22(15)26-13-12-25(16(26)2)17-8-5-4-6-9-17;2*1-11-10-14-13-6-5-7-18-15(13)22-16(14)20(4)17(11)21-9-8-19(3)12(21)2/h8-23H,1-7H3;4-14,16H,1-3H3;2*5-10,12H,1-4H3/q+1;;;/t;16-;2*12-/m.000/s1/i;;3D3;. The molecule has 19 rings (SSSR count). The fraction of sp³-hybridized carbons (Fsp3) is 0.264. The Morgan fingerprint density at radius 3 is 1.34 bits per heavy atom. The van der Waals surface area contributed by atoms with Gasteiger partial charge in [0.25, 0.3) is 0 Å². The number of hydrogen-bond donors (Lipinski definition) is 0. The first-order chi connectivity index (χ1) is 54.3. The summed E-state index contributed by atoms with van der Waals surface area (Å²) in [7, 11) is 12.5. The number of aryl methyl sites for hydroxylation is 1. The molecule has 0 N–H and O–H groups in total. The van der Waals surface area contributed by atoms with Gasteiger partial charge in [-0.1, -0.05) is 141 Å². The lowest BCUT2D eigenvalue weighted by molar-refractivity contribution is -0.653. The number of anilines is 5. The highest BCUT2D eigenvalue weighted by molar-refractivity contribution is 6.82. The van der Waals surface area contributed by atoms with Gasteiger partial charge in [-0.05, 0) is 166 Å². The monoisotopic (exact) mass is 1460 g/mol. The zero-order valence-corrected chi connectivity index (χ0v) is 65.9. The molecule has 15 heterocycles. The van der Waals surface area contributed by atoms with Crippen molar-refractivity contribution in [1.82, 2.24) is 43.8 Å². The molecule has 0 saturated carbocycles. The maximum Gasteiger partial charge on any atom is 0.426 e. The van der Waals surface area contributed by atoms with Crippen LogP contribution in [-0.4, -0.2) is 132 Å². The first-order valence-electron chi connectivity index (χ1n) is 39.6. The van der Waals surface area contributed by atoms with Crippen LogP contribution in [0.1, 0.15) is 125 Å². The average Bonchev–Trinajstić information content (AvgIpc) is 1.63. The molecule has 0 fully saturated rings. The van der Waals surface area contributed by atoms with Gasteiger partial charge >= 0.3 is 27.8 Å². The maximum atomic E-state index is 7.68. The molecular weight excluding hydrogens is 1360 g/mol. The molecular formula is C87H96B4N15O4+. The van der Waals surface area contributed by atoms with Crippen LogP contribution in [0.5, 0.6) is 0 Å². The van der Waals surface area contributed by atoms with Crippen molar-refractivity contribution in [3.05, 3.63) is 257 Å². The maximum absolute atomic E-state index is 7.68. The Labute approximate surface area is 651 Å². The van der Waals surface area contributed by atoms with E-state index in [1.54, 1.807) is 24.8 Å². The summed E-state index contributed by atoms with van der Waals surface area (Å²) in [5.74, 6) is 4.16. The van der Waals surface area contributed by atoms with Crippen molar-refractivity contribution in [1.29, 1.82) is 0 Å². The highest BCUT2D eigenvalue weighted by Crippen LogP contribution is 2.45. The van der Waals surface area contributed by atoms with E-state index in [1.165, 1.54) is 66.2 Å². The summed E-state index contributed by atoms with van der Waals surface area (Å²) >= 11 is 0. The van der Waals surface area contributed by atoms with Crippen LogP contribution in [0.25, 0.3) is 85.4 Å². The first kappa shape index (κ1) is 68.7. The lowest BCUT2D eigenvalue weighted by Gasteiger charge is -2.39. The van der Waals surface area contributed by atoms with E-state index in [4.69, 9.17) is 21.8 Å². The number of benzene rings is 4. The smallest absolute Gasteiger partial charge is 0.426 e. The van der Waals surface area contributed by atoms with E-state index in [9.17, 15) is 0 Å². The summed E-state index contributed by atoms with van der Waals surface area (Å²) in [6, 6.07) is 46.3. The molecule has 0 unspecified atom stereocenters. The van der Waals surface area contributed by atoms with Crippen molar-refractivity contribution in [2.24, 2.45) is 7.05 Å². The van der Waals surface area contributed by atoms with Crippen LogP contribution in [0.4, 0.5) is 29.2 Å². The van der Waals surface area contributed by atoms with E-state index >= 15 is 0 Å². The third kappa shape index (κ3) is 12.5. The van der Waals surface area contributed by atoms with E-state index in [-0.39, 0.29) is 40.1 Å². The molecule has 23 heteroatoms. The Morgan fingerprint density at radius 1 is 0.445 bits per heavy atom. The molecule has 12 aromatic rings. The number of fused-ring (bicyclic) bond motifs is 12. The van der Waals surface area contributed by atoms with Crippen molar-refractivity contribution in [3.8, 4) is 16.8 Å². The molecule has 0 saturated heterocycles. The van der Waals surface area contributed by atoms with Gasteiger partial charge in [-0.25, -0.2) is 24.1 Å². The zero-order chi connectivity index (χ0) is 79.3. The van der Waals surface area contributed by atoms with Crippen molar-refractivity contribution in [3.63, 3.8) is 0 Å². The number of furan rings is 4. The predicted molar refractivity (Wildman–Crippen MR) is 455 cm³/mol. The van der Waals surface area contributed by atoms with Crippen LogP contribution in [0, 0.1) is 0 Å². The SMILES string of the molecule is CC1=Cc2c(oc3ccccc23)N(C)B1c1n(-c2c(C(C)C)cc(-c3ccccc3)cc2C(C)C)cc[n+]1C.CC1=Cc2c(oc3ncccc23)N(C)B1N1C=CN(C)[C@@H]1C.CC1=Cc2c(oc3ncccc23)N(C)B1N1C=CN(c2ccccc2)[C@@H]1C.[2H]C([2H])([2H])N1C=CN(B2C(C)=Cc3c(oc4ncccc34)N2C)[C@H]1C. The first-order valence-corrected chi connectivity index (χ1v) is 38.1. The van der Waals surface area contributed by atoms with Gasteiger partial charge in [0.1, 0.15) is 23.7 Å². The second kappa shape index (κ2) is 28.9. The van der Waals surface area contributed by atoms with Crippen molar-refractivity contribution < 1.29 is 26.3 Å². The Balaban J connectivity index is 0.000000117. The lowest BCUT2D eigenvalue weighted by atomic mass is 9.51. The largest absolute Gasteiger partial charge is 0.441 e. The molecule has 8 aromatic heterocycles. The summed E-state index contributed by atoms with van der Waals surface area (Å²) in [6.45, 7) is 22.2. The normalized spacial score (nSPS) is 18.4. The van der Waals surface area contributed by atoms with Gasteiger partial charge in [0.2, 0.25) is 22.9 Å². The number of hydrogen-bond acceptors (Lipinski definition) is 17. The minimum atomic E-state index is -2.16. The quantitative estimate of drug-likeness (QED) is 0.100. The van der Waals surface area contributed by atoms with Gasteiger partial charge in [0, 0.05) is 135 Å². The van der Waals surface area contributed by atoms with Gasteiger partial charge < -0.3 is 66.0 Å². The van der Waals surface area contributed by atoms with Gasteiger partial charge in [0.05, 0.1) is 25.5 Å². The number of aromatic nitrogens is 5. The van der Waals surface area contributed by atoms with Crippen molar-refractivity contribution in [2.45, 2.75) is 106 Å². The minimum Gasteiger partial charge on any atom is -0.441 e. The van der Waals surface area contributed by atoms with Crippen molar-refractivity contribution in [2.75, 3.05) is 66.4 Å². The number of nitrogens with zero attached hydrogens (tertiary/aromatic N) is 15. The second-order valence-corrected chi connectivity index (χ2v) is 30.6. The van der Waals surface area contributed by atoms with E-state index in [0.29, 0.717) is 35.1 Å². The van der Waals surface area contributed by atoms with Crippen LogP contribution < -0.4 is 34.4 Å². The number of allylic oxidation sites excluding steroid dienone is 4. The van der Waals surface area contributed by atoms with Crippen molar-refractivity contribution >= 4 is 131 Å². The van der Waals surface area contributed by atoms with Crippen LogP contribution in [0.3, 0.4) is 0 Å². The average molecular weight is 1460 g/mol. The third-order valence-corrected chi connectivity index (χ3v) is 22.9. The van der Waals surface area contributed by atoms with Crippen LogP contribution >= 0.6 is 0 Å². The third-order valence-electron chi connectivity index (χ3n) is 22.9. The number of pyridine rings is 3. The Bertz CT molecular complexity index is 5810. The van der Waals surface area contributed by atoms with Gasteiger partial charge in [-0.15, -0.1) is 0 Å². The van der Waals surface area contributed by atoms with Crippen LogP contribution in [0.15, 0.2) is 241 Å². The molecule has 554 valence electrons. The molecule has 4 aromatic carbocycles. The van der Waals surface area contributed by atoms with Crippen LogP contribution in [-0.2, 0) is 7.05 Å². The second-order valence-electron chi connectivity index (χ2n) is 30.6. The molecule has 0 amide bonds. The van der Waals surface area contributed by atoms with E-state index in [0.717, 1.165) is 72.8 Å². The molecule has 7 aliphatic heterocycles. The summed E-state index contributed by atoms with van der Waals surface area (Å²) < 4.78 is 52.2. The predicted octanol–water partition coefficient (Wildman–Crippen LogP) is 17.1. The lowest BCUT2D eigenvalue weighted by Crippen LogP contribution is -2.63. The summed E-state index contributed by atoms with van der Waals surface area (Å²) in [5.41, 5.74) is 21.3. The molecule has 7 aliphatic rings. The summed E-state index contributed by atoms with van der Waals surface area (Å²) in [4.78, 5) is 34.4. The van der Waals surface area contributed by atoms with E-state index in [1.807, 2.05) is 66.2 Å². The van der Waals surface area contributed by atoms with Gasteiger partial charge in [-0.2, -0.15) is 0 Å². The Kier molecular flexibility index (Phi) is 18.1. The Morgan fingerprint density at radius 2 is 0.864 bits per heavy atom. The summed E-state index contributed by atoms with van der Waals surface area (Å²) in [5, 5.41) is 4.28. The fourth-order valence-corrected chi connectivity index (χ4v) is 17.2. The molecule has 0 aliphatic carbocycles. The number of para-hydroxylation sites is 2. The van der Waals surface area contributed by atoms with E-state index in [2.05, 4.69) is 321 Å². The van der Waals surface area contributed by atoms with Gasteiger partial charge in [-0.3, -0.25) is 0 Å². The number of imidazole rings is 1. The highest BCUT2D eigenvalue weighted by atomic mass is 16.4. The molecule has 19 nitrogen and oxygen atoms in total. The molecule has 110 heavy (non-hydrogen) atoms.